The van der Waals surface area contributed by atoms with Gasteiger partial charge in [-0.2, -0.15) is 0 Å². The number of guanidine groups is 1. The van der Waals surface area contributed by atoms with Crippen LogP contribution in [0.4, 0.5) is 0 Å². The molecule has 1 aromatic carbocycles. The molecule has 1 aromatic heterocycles. The first kappa shape index (κ1) is 22.5. The van der Waals surface area contributed by atoms with Crippen LogP contribution in [0.3, 0.4) is 0 Å². The van der Waals surface area contributed by atoms with Gasteiger partial charge < -0.3 is 25.6 Å². The van der Waals surface area contributed by atoms with Crippen LogP contribution in [-0.4, -0.2) is 38.4 Å². The highest BCUT2D eigenvalue weighted by molar-refractivity contribution is 14.0. The molecule has 0 fully saturated rings. The van der Waals surface area contributed by atoms with Crippen LogP contribution < -0.4 is 20.5 Å². The minimum absolute atomic E-state index is 0. The molecule has 0 aliphatic heterocycles. The van der Waals surface area contributed by atoms with Crippen molar-refractivity contribution in [1.29, 1.82) is 0 Å². The van der Waals surface area contributed by atoms with Crippen LogP contribution in [-0.2, 0) is 12.0 Å². The highest BCUT2D eigenvalue weighted by Gasteiger charge is 2.23. The Morgan fingerprint density at radius 3 is 2.62 bits per heavy atom. The lowest BCUT2D eigenvalue weighted by Crippen LogP contribution is -2.35. The maximum atomic E-state index is 10.4. The summed E-state index contributed by atoms with van der Waals surface area (Å²) in [6, 6.07) is 9.60. The summed E-state index contributed by atoms with van der Waals surface area (Å²) >= 11 is 1.50. The van der Waals surface area contributed by atoms with E-state index in [-0.39, 0.29) is 30.5 Å². The van der Waals surface area contributed by atoms with Gasteiger partial charge in [-0.1, -0.05) is 12.1 Å². The molecular weight excluding hydrogens is 465 g/mol. The van der Waals surface area contributed by atoms with E-state index >= 15 is 0 Å². The van der Waals surface area contributed by atoms with E-state index in [4.69, 9.17) is 15.2 Å². The lowest BCUT2D eigenvalue weighted by Gasteiger charge is -2.19. The van der Waals surface area contributed by atoms with Gasteiger partial charge >= 0.3 is 0 Å². The maximum absolute atomic E-state index is 10.4. The van der Waals surface area contributed by atoms with E-state index in [1.807, 2.05) is 35.7 Å². The number of ether oxygens (including phenoxy) is 2. The van der Waals surface area contributed by atoms with Gasteiger partial charge in [0.25, 0.3) is 0 Å². The van der Waals surface area contributed by atoms with E-state index < -0.39 is 5.60 Å². The second kappa shape index (κ2) is 10.6. The minimum Gasteiger partial charge on any atom is -0.493 e. The Balaban J connectivity index is 0.00000338. The molecule has 2 rings (SSSR count). The van der Waals surface area contributed by atoms with Gasteiger partial charge in [-0.05, 0) is 42.5 Å². The average Bonchev–Trinajstić information content (AvgIpc) is 3.15. The Morgan fingerprint density at radius 1 is 1.27 bits per heavy atom. The summed E-state index contributed by atoms with van der Waals surface area (Å²) < 4.78 is 10.5. The predicted octanol–water partition coefficient (Wildman–Crippen LogP) is 2.74. The van der Waals surface area contributed by atoms with Gasteiger partial charge in [-0.15, -0.1) is 35.3 Å². The molecule has 0 amide bonds. The molecule has 6 nitrogen and oxygen atoms in total. The fourth-order valence-electron chi connectivity index (χ4n) is 2.33. The van der Waals surface area contributed by atoms with Crippen molar-refractivity contribution in [3.8, 4) is 11.5 Å². The zero-order chi connectivity index (χ0) is 18.3. The number of benzene rings is 1. The molecule has 0 saturated carbocycles. The number of hydrogen-bond donors (Lipinski definition) is 3. The van der Waals surface area contributed by atoms with E-state index in [0.717, 1.165) is 16.9 Å². The molecule has 0 bridgehead atoms. The smallest absolute Gasteiger partial charge is 0.188 e. The first-order chi connectivity index (χ1) is 12.0. The van der Waals surface area contributed by atoms with Crippen molar-refractivity contribution in [2.24, 2.45) is 10.7 Å². The zero-order valence-corrected chi connectivity index (χ0v) is 18.3. The van der Waals surface area contributed by atoms with E-state index in [0.29, 0.717) is 24.0 Å². The van der Waals surface area contributed by atoms with Gasteiger partial charge in [0.15, 0.2) is 17.5 Å². The van der Waals surface area contributed by atoms with Crippen molar-refractivity contribution in [1.82, 2.24) is 5.32 Å². The number of halogens is 1. The molecular formula is C18H26IN3O3S. The molecule has 0 aliphatic rings. The number of hydrogen-bond acceptors (Lipinski definition) is 5. The highest BCUT2D eigenvalue weighted by Crippen LogP contribution is 2.27. The van der Waals surface area contributed by atoms with Gasteiger partial charge in [0.2, 0.25) is 0 Å². The number of rotatable bonds is 8. The third-order valence-electron chi connectivity index (χ3n) is 3.78. The first-order valence-corrected chi connectivity index (χ1v) is 8.85. The molecule has 0 saturated heterocycles. The van der Waals surface area contributed by atoms with Crippen molar-refractivity contribution < 1.29 is 14.6 Å². The van der Waals surface area contributed by atoms with Gasteiger partial charge in [0.05, 0.1) is 20.8 Å². The summed E-state index contributed by atoms with van der Waals surface area (Å²) in [5, 5.41) is 15.4. The second-order valence-corrected chi connectivity index (χ2v) is 6.77. The van der Waals surface area contributed by atoms with E-state index in [2.05, 4.69) is 10.3 Å². The summed E-state index contributed by atoms with van der Waals surface area (Å²) in [7, 11) is 3.23. The van der Waals surface area contributed by atoms with Crippen molar-refractivity contribution in [3.05, 3.63) is 46.2 Å². The van der Waals surface area contributed by atoms with Gasteiger partial charge in [-0.25, -0.2) is 0 Å². The third-order valence-corrected chi connectivity index (χ3v) is 4.90. The number of nitrogens with one attached hydrogen (secondary N) is 1. The Hall–Kier alpha value is -1.52. The standard InChI is InChI=1S/C18H25N3O3S.HI/c1-18(22,16-5-4-10-25-16)12-21-17(19)20-9-8-13-6-7-14(23-2)15(11-13)24-3;/h4-7,10-11,22H,8-9,12H2,1-3H3,(H3,19,20,21);1H. The van der Waals surface area contributed by atoms with Crippen LogP contribution in [0.2, 0.25) is 0 Å². The number of methoxy groups -OCH3 is 2. The number of nitrogens with two attached hydrogens (primary N) is 1. The Kier molecular flexibility index (Phi) is 9.17. The lowest BCUT2D eigenvalue weighted by molar-refractivity contribution is 0.0712. The molecule has 1 heterocycles. The zero-order valence-electron chi connectivity index (χ0n) is 15.2. The van der Waals surface area contributed by atoms with Crippen molar-refractivity contribution >= 4 is 41.3 Å². The van der Waals surface area contributed by atoms with Crippen LogP contribution in [0.25, 0.3) is 0 Å². The minimum atomic E-state index is -1.01. The highest BCUT2D eigenvalue weighted by atomic mass is 127. The summed E-state index contributed by atoms with van der Waals surface area (Å²) in [6.45, 7) is 2.58. The van der Waals surface area contributed by atoms with Gasteiger partial charge in [-0.3, -0.25) is 4.99 Å². The monoisotopic (exact) mass is 491 g/mol. The molecule has 2 aromatic rings. The summed E-state index contributed by atoms with van der Waals surface area (Å²) in [4.78, 5) is 5.11. The molecule has 0 spiro atoms. The molecule has 8 heteroatoms. The molecule has 26 heavy (non-hydrogen) atoms. The Morgan fingerprint density at radius 2 is 2.00 bits per heavy atom. The van der Waals surface area contributed by atoms with Crippen molar-refractivity contribution in [3.63, 3.8) is 0 Å². The summed E-state index contributed by atoms with van der Waals surface area (Å²) in [5.41, 5.74) is 5.98. The number of thiophene rings is 1. The third kappa shape index (κ3) is 6.33. The summed E-state index contributed by atoms with van der Waals surface area (Å²) in [5.74, 6) is 1.72. The quantitative estimate of drug-likeness (QED) is 0.300. The number of aliphatic imine (C=N–C) groups is 1. The number of nitrogens with zero attached hydrogens (tertiary/aromatic N) is 1. The molecule has 1 atom stereocenters. The van der Waals surface area contributed by atoms with Crippen LogP contribution >= 0.6 is 35.3 Å². The lowest BCUT2D eigenvalue weighted by atomic mass is 10.1. The number of aliphatic hydroxyl groups is 1. The van der Waals surface area contributed by atoms with Crippen LogP contribution in [0, 0.1) is 0 Å². The molecule has 0 aliphatic carbocycles. The van der Waals surface area contributed by atoms with Crippen LogP contribution in [0.15, 0.2) is 40.7 Å². The SMILES string of the molecule is COc1ccc(CCNC(N)=NCC(C)(O)c2cccs2)cc1OC.I. The topological polar surface area (TPSA) is 89.1 Å². The first-order valence-electron chi connectivity index (χ1n) is 7.97. The van der Waals surface area contributed by atoms with E-state index in [1.165, 1.54) is 11.3 Å². The fourth-order valence-corrected chi connectivity index (χ4v) is 3.11. The summed E-state index contributed by atoms with van der Waals surface area (Å²) in [6.07, 6.45) is 0.762. The van der Waals surface area contributed by atoms with Crippen molar-refractivity contribution in [2.75, 3.05) is 27.3 Å². The Bertz CT molecular complexity index is 706. The van der Waals surface area contributed by atoms with Gasteiger partial charge in [0, 0.05) is 11.4 Å². The largest absolute Gasteiger partial charge is 0.493 e. The van der Waals surface area contributed by atoms with Gasteiger partial charge in [0.1, 0.15) is 5.60 Å². The van der Waals surface area contributed by atoms with Crippen LogP contribution in [0.5, 0.6) is 11.5 Å². The van der Waals surface area contributed by atoms with E-state index in [9.17, 15) is 5.11 Å². The average molecular weight is 491 g/mol. The van der Waals surface area contributed by atoms with E-state index in [1.54, 1.807) is 21.1 Å². The van der Waals surface area contributed by atoms with Crippen molar-refractivity contribution in [2.45, 2.75) is 18.9 Å². The molecule has 0 radical (unpaired) electrons. The normalized spacial score (nSPS) is 13.5. The second-order valence-electron chi connectivity index (χ2n) is 5.82. The Labute approximate surface area is 175 Å². The fraction of sp³-hybridized carbons (Fsp3) is 0.389. The molecule has 1 unspecified atom stereocenters. The van der Waals surface area contributed by atoms with Crippen LogP contribution in [0.1, 0.15) is 17.4 Å². The molecule has 144 valence electrons. The predicted molar refractivity (Wildman–Crippen MR) is 117 cm³/mol. The maximum Gasteiger partial charge on any atom is 0.188 e. The molecule has 4 N–H and O–H groups in total.